The molecule has 21 heavy (non-hydrogen) atoms. The third-order valence-electron chi connectivity index (χ3n) is 4.19. The molecule has 0 bridgehead atoms. The van der Waals surface area contributed by atoms with Gasteiger partial charge in [0.2, 0.25) is 5.91 Å². The molecule has 1 aromatic carbocycles. The highest BCUT2D eigenvalue weighted by Gasteiger charge is 2.27. The second-order valence-corrected chi connectivity index (χ2v) is 6.12. The van der Waals surface area contributed by atoms with Crippen LogP contribution in [0.3, 0.4) is 0 Å². The van der Waals surface area contributed by atoms with Crippen molar-refractivity contribution >= 4 is 5.91 Å². The number of amides is 1. The van der Waals surface area contributed by atoms with Crippen LogP contribution >= 0.6 is 0 Å². The highest BCUT2D eigenvalue weighted by atomic mass is 19.1. The quantitative estimate of drug-likeness (QED) is 0.853. The number of ether oxygens (including phenoxy) is 1. The molecule has 0 aromatic heterocycles. The van der Waals surface area contributed by atoms with Crippen LogP contribution in [0, 0.1) is 11.7 Å². The van der Waals surface area contributed by atoms with E-state index in [1.165, 1.54) is 12.1 Å². The maximum Gasteiger partial charge on any atom is 0.223 e. The zero-order valence-corrected chi connectivity index (χ0v) is 13.0. The smallest absolute Gasteiger partial charge is 0.223 e. The van der Waals surface area contributed by atoms with Gasteiger partial charge in [-0.15, -0.1) is 0 Å². The highest BCUT2D eigenvalue weighted by Crippen LogP contribution is 2.29. The molecule has 0 spiro atoms. The number of hydrogen-bond donors (Lipinski definition) is 0. The molecule has 1 aromatic rings. The van der Waals surface area contributed by atoms with Crippen LogP contribution in [-0.4, -0.2) is 36.6 Å². The van der Waals surface area contributed by atoms with Crippen LogP contribution in [0.4, 0.5) is 4.39 Å². The van der Waals surface area contributed by atoms with E-state index in [-0.39, 0.29) is 23.7 Å². The summed E-state index contributed by atoms with van der Waals surface area (Å²) in [6.07, 6.45) is 0.466. The zero-order valence-electron chi connectivity index (χ0n) is 13.0. The largest absolute Gasteiger partial charge is 0.377 e. The number of carbonyl (C=O) groups excluding carboxylic acids is 1. The summed E-state index contributed by atoms with van der Waals surface area (Å²) >= 11 is 0. The summed E-state index contributed by atoms with van der Waals surface area (Å²) in [6.45, 7) is 8.09. The van der Waals surface area contributed by atoms with Gasteiger partial charge < -0.3 is 9.64 Å². The average Bonchev–Trinajstić information content (AvgIpc) is 2.46. The van der Waals surface area contributed by atoms with Gasteiger partial charge in [0.15, 0.2) is 0 Å². The lowest BCUT2D eigenvalue weighted by Gasteiger charge is -2.35. The van der Waals surface area contributed by atoms with Gasteiger partial charge in [0.05, 0.1) is 19.3 Å². The number of nitrogens with zero attached hydrogens (tertiary/aromatic N) is 1. The van der Waals surface area contributed by atoms with Crippen LogP contribution in [0.1, 0.15) is 38.7 Å². The first-order valence-electron chi connectivity index (χ1n) is 7.61. The number of rotatable bonds is 4. The van der Waals surface area contributed by atoms with Crippen molar-refractivity contribution < 1.29 is 13.9 Å². The maximum atomic E-state index is 13.1. The van der Waals surface area contributed by atoms with Crippen molar-refractivity contribution in [2.24, 2.45) is 5.92 Å². The van der Waals surface area contributed by atoms with Gasteiger partial charge in [-0.3, -0.25) is 4.79 Å². The van der Waals surface area contributed by atoms with Gasteiger partial charge in [0.1, 0.15) is 5.82 Å². The van der Waals surface area contributed by atoms with Crippen LogP contribution in [0.2, 0.25) is 0 Å². The molecule has 1 aliphatic heterocycles. The monoisotopic (exact) mass is 293 g/mol. The Hall–Kier alpha value is -1.42. The average molecular weight is 293 g/mol. The summed E-state index contributed by atoms with van der Waals surface area (Å²) in [6, 6.07) is 6.64. The van der Waals surface area contributed by atoms with E-state index < -0.39 is 0 Å². The van der Waals surface area contributed by atoms with Crippen molar-refractivity contribution in [2.75, 3.05) is 19.8 Å². The molecule has 2 unspecified atom stereocenters. The van der Waals surface area contributed by atoms with Crippen LogP contribution in [0.25, 0.3) is 0 Å². The molecule has 0 aliphatic carbocycles. The topological polar surface area (TPSA) is 29.5 Å². The fraction of sp³-hybridized carbons (Fsp3) is 0.588. The molecule has 1 amide bonds. The second kappa shape index (κ2) is 7.03. The molecular formula is C17H24FNO2. The summed E-state index contributed by atoms with van der Waals surface area (Å²) in [4.78, 5) is 14.5. The Morgan fingerprint density at radius 3 is 2.62 bits per heavy atom. The Morgan fingerprint density at radius 2 is 2.05 bits per heavy atom. The Kier molecular flexibility index (Phi) is 5.34. The van der Waals surface area contributed by atoms with Crippen molar-refractivity contribution in [3.8, 4) is 0 Å². The van der Waals surface area contributed by atoms with Gasteiger partial charge >= 0.3 is 0 Å². The summed E-state index contributed by atoms with van der Waals surface area (Å²) in [5.74, 6) is 0.368. The molecule has 2 rings (SSSR count). The Balaban J connectivity index is 2.09. The Morgan fingerprint density at radius 1 is 1.38 bits per heavy atom. The van der Waals surface area contributed by atoms with E-state index in [0.29, 0.717) is 32.1 Å². The van der Waals surface area contributed by atoms with Gasteiger partial charge in [-0.1, -0.05) is 26.0 Å². The molecule has 1 saturated heterocycles. The van der Waals surface area contributed by atoms with Crippen LogP contribution in [0.15, 0.2) is 24.3 Å². The molecule has 2 atom stereocenters. The third kappa shape index (κ3) is 4.03. The molecule has 1 aliphatic rings. The minimum Gasteiger partial charge on any atom is -0.377 e. The van der Waals surface area contributed by atoms with Crippen molar-refractivity contribution in [1.29, 1.82) is 0 Å². The minimum absolute atomic E-state index is 0.119. The number of carbonyl (C=O) groups is 1. The van der Waals surface area contributed by atoms with Crippen molar-refractivity contribution in [2.45, 2.75) is 39.2 Å². The third-order valence-corrected chi connectivity index (χ3v) is 4.19. The van der Waals surface area contributed by atoms with E-state index in [1.54, 1.807) is 12.1 Å². The predicted molar refractivity (Wildman–Crippen MR) is 80.6 cm³/mol. The van der Waals surface area contributed by atoms with Gasteiger partial charge in [-0.25, -0.2) is 4.39 Å². The van der Waals surface area contributed by atoms with Gasteiger partial charge in [0, 0.05) is 13.0 Å². The van der Waals surface area contributed by atoms with Gasteiger partial charge in [-0.2, -0.15) is 0 Å². The van der Waals surface area contributed by atoms with Crippen LogP contribution < -0.4 is 0 Å². The first-order valence-corrected chi connectivity index (χ1v) is 7.61. The molecule has 0 saturated carbocycles. The van der Waals surface area contributed by atoms with E-state index in [1.807, 2.05) is 11.8 Å². The Bertz CT molecular complexity index is 472. The van der Waals surface area contributed by atoms with Gasteiger partial charge in [-0.05, 0) is 36.5 Å². The fourth-order valence-corrected chi connectivity index (χ4v) is 2.85. The normalized spacial score (nSPS) is 20.6. The van der Waals surface area contributed by atoms with E-state index in [9.17, 15) is 9.18 Å². The SMILES string of the molecule is CC(C)C(CC(=O)N1CCOCC1C)c1ccc(F)cc1. The van der Waals surface area contributed by atoms with E-state index in [0.717, 1.165) is 5.56 Å². The molecule has 1 fully saturated rings. The second-order valence-electron chi connectivity index (χ2n) is 6.12. The Labute approximate surface area is 126 Å². The van der Waals surface area contributed by atoms with Gasteiger partial charge in [0.25, 0.3) is 0 Å². The van der Waals surface area contributed by atoms with Crippen molar-refractivity contribution in [3.63, 3.8) is 0 Å². The molecule has 4 heteroatoms. The molecule has 116 valence electrons. The molecule has 0 N–H and O–H groups in total. The van der Waals surface area contributed by atoms with E-state index >= 15 is 0 Å². The number of benzene rings is 1. The van der Waals surface area contributed by atoms with E-state index in [4.69, 9.17) is 4.74 Å². The highest BCUT2D eigenvalue weighted by molar-refractivity contribution is 5.77. The van der Waals surface area contributed by atoms with Crippen LogP contribution in [0.5, 0.6) is 0 Å². The van der Waals surface area contributed by atoms with Crippen molar-refractivity contribution in [1.82, 2.24) is 4.90 Å². The fourth-order valence-electron chi connectivity index (χ4n) is 2.85. The summed E-state index contributed by atoms with van der Waals surface area (Å²) in [7, 11) is 0. The standard InChI is InChI=1S/C17H24FNO2/c1-12(2)16(14-4-6-15(18)7-5-14)10-17(20)19-8-9-21-11-13(19)3/h4-7,12-13,16H,8-11H2,1-3H3. The maximum absolute atomic E-state index is 13.1. The number of morpholine rings is 1. The first kappa shape index (κ1) is 16.0. The predicted octanol–water partition coefficient (Wildman–Crippen LogP) is 3.20. The molecule has 3 nitrogen and oxygen atoms in total. The van der Waals surface area contributed by atoms with Crippen LogP contribution in [-0.2, 0) is 9.53 Å². The number of halogens is 1. The lowest BCUT2D eigenvalue weighted by molar-refractivity contribution is -0.139. The summed E-state index contributed by atoms with van der Waals surface area (Å²) < 4.78 is 18.4. The van der Waals surface area contributed by atoms with Crippen molar-refractivity contribution in [3.05, 3.63) is 35.6 Å². The zero-order chi connectivity index (χ0) is 15.4. The minimum atomic E-state index is -0.241. The lowest BCUT2D eigenvalue weighted by atomic mass is 9.85. The van der Waals surface area contributed by atoms with E-state index in [2.05, 4.69) is 13.8 Å². The summed E-state index contributed by atoms with van der Waals surface area (Å²) in [5, 5.41) is 0. The lowest BCUT2D eigenvalue weighted by Crippen LogP contribution is -2.47. The molecule has 1 heterocycles. The molecule has 0 radical (unpaired) electrons. The number of hydrogen-bond acceptors (Lipinski definition) is 2. The summed E-state index contributed by atoms with van der Waals surface area (Å²) in [5.41, 5.74) is 1.03. The molecular weight excluding hydrogens is 269 g/mol. The first-order chi connectivity index (χ1) is 9.99.